The third-order valence-corrected chi connectivity index (χ3v) is 6.65. The first-order valence-electron chi connectivity index (χ1n) is 11.1. The number of nitrogens with zero attached hydrogens (tertiary/aromatic N) is 3. The SMILES string of the molecule is COCCN1CN(C2C3=C(C=CCC3)CCc3ccccc32)n2ccc(=O)c(O)c2C1=O. The van der Waals surface area contributed by atoms with Crippen LogP contribution in [0.1, 0.15) is 46.9 Å². The van der Waals surface area contributed by atoms with Gasteiger partial charge in [-0.2, -0.15) is 0 Å². The predicted molar refractivity (Wildman–Crippen MR) is 121 cm³/mol. The van der Waals surface area contributed by atoms with Gasteiger partial charge in [-0.25, -0.2) is 0 Å². The number of fused-ring (bicyclic) bond motifs is 2. The van der Waals surface area contributed by atoms with Crippen LogP contribution in [0.2, 0.25) is 0 Å². The second-order valence-electron chi connectivity index (χ2n) is 8.46. The minimum atomic E-state index is -0.556. The highest BCUT2D eigenvalue weighted by Gasteiger charge is 2.38. The van der Waals surface area contributed by atoms with Crippen LogP contribution in [-0.2, 0) is 11.2 Å². The minimum absolute atomic E-state index is 0.00934. The van der Waals surface area contributed by atoms with E-state index in [1.54, 1.807) is 22.9 Å². The summed E-state index contributed by atoms with van der Waals surface area (Å²) in [6.07, 6.45) is 9.91. The molecule has 0 bridgehead atoms. The molecule has 1 aliphatic heterocycles. The summed E-state index contributed by atoms with van der Waals surface area (Å²) >= 11 is 0. The number of allylic oxidation sites excluding steroid dienone is 3. The van der Waals surface area contributed by atoms with Crippen molar-refractivity contribution in [2.75, 3.05) is 31.9 Å². The molecule has 0 spiro atoms. The largest absolute Gasteiger partial charge is 0.502 e. The lowest BCUT2D eigenvalue weighted by molar-refractivity contribution is 0.0613. The highest BCUT2D eigenvalue weighted by Crippen LogP contribution is 2.42. The minimum Gasteiger partial charge on any atom is -0.502 e. The van der Waals surface area contributed by atoms with Gasteiger partial charge in [-0.3, -0.25) is 19.3 Å². The standard InChI is InChI=1S/C25H27N3O4/c1-32-15-14-26-16-28(27-13-12-21(29)24(30)23(27)25(26)31)22-19-8-4-2-6-17(19)10-11-18-7-3-5-9-20(18)22/h2-4,6-8,12-13,22,30H,5,9-11,14-16H2,1H3. The lowest BCUT2D eigenvalue weighted by atomic mass is 9.88. The molecule has 1 aromatic carbocycles. The van der Waals surface area contributed by atoms with E-state index in [4.69, 9.17) is 4.74 Å². The summed E-state index contributed by atoms with van der Waals surface area (Å²) in [6, 6.07) is 9.67. The zero-order valence-corrected chi connectivity index (χ0v) is 18.2. The Morgan fingerprint density at radius 1 is 1.12 bits per heavy atom. The molecule has 2 aliphatic carbocycles. The van der Waals surface area contributed by atoms with Gasteiger partial charge in [-0.05, 0) is 48.0 Å². The molecule has 0 fully saturated rings. The van der Waals surface area contributed by atoms with Crippen LogP contribution in [0.25, 0.3) is 0 Å². The molecule has 32 heavy (non-hydrogen) atoms. The van der Waals surface area contributed by atoms with Crippen LogP contribution in [0.15, 0.2) is 64.6 Å². The molecule has 1 unspecified atom stereocenters. The number of carbonyl (C=O) groups is 1. The molecule has 3 aliphatic rings. The fourth-order valence-corrected chi connectivity index (χ4v) is 5.08. The Bertz CT molecular complexity index is 1180. The van der Waals surface area contributed by atoms with Crippen molar-refractivity contribution in [1.29, 1.82) is 0 Å². The number of aromatic hydroxyl groups is 1. The molecule has 0 saturated heterocycles. The number of aromatic nitrogens is 1. The van der Waals surface area contributed by atoms with Crippen LogP contribution in [0.5, 0.6) is 5.75 Å². The lowest BCUT2D eigenvalue weighted by Gasteiger charge is -2.45. The third kappa shape index (κ3) is 3.33. The van der Waals surface area contributed by atoms with Crippen LogP contribution in [0, 0.1) is 0 Å². The van der Waals surface area contributed by atoms with Gasteiger partial charge in [-0.1, -0.05) is 36.4 Å². The van der Waals surface area contributed by atoms with E-state index in [1.807, 2.05) is 0 Å². The topological polar surface area (TPSA) is 75.0 Å². The summed E-state index contributed by atoms with van der Waals surface area (Å²) in [4.78, 5) is 27.1. The molecule has 1 N–H and O–H groups in total. The van der Waals surface area contributed by atoms with Crippen LogP contribution < -0.4 is 10.4 Å². The number of amides is 1. The average Bonchev–Trinajstić information content (AvgIpc) is 2.98. The van der Waals surface area contributed by atoms with Crippen molar-refractivity contribution in [2.45, 2.75) is 31.7 Å². The van der Waals surface area contributed by atoms with Crippen molar-refractivity contribution in [3.8, 4) is 5.75 Å². The van der Waals surface area contributed by atoms with Crippen molar-refractivity contribution in [2.24, 2.45) is 0 Å². The van der Waals surface area contributed by atoms with E-state index in [0.717, 1.165) is 25.7 Å². The molecular formula is C25H27N3O4. The van der Waals surface area contributed by atoms with Crippen LogP contribution in [0.3, 0.4) is 0 Å². The summed E-state index contributed by atoms with van der Waals surface area (Å²) in [5.41, 5.74) is 4.62. The van der Waals surface area contributed by atoms with Gasteiger partial charge in [0.2, 0.25) is 5.43 Å². The number of ether oxygens (including phenoxy) is 1. The van der Waals surface area contributed by atoms with E-state index in [-0.39, 0.29) is 17.6 Å². The van der Waals surface area contributed by atoms with Crippen molar-refractivity contribution in [1.82, 2.24) is 9.58 Å². The maximum atomic E-state index is 13.2. The number of benzene rings is 1. The number of methoxy groups -OCH3 is 1. The molecule has 2 heterocycles. The van der Waals surface area contributed by atoms with Crippen molar-refractivity contribution in [3.63, 3.8) is 0 Å². The quantitative estimate of drug-likeness (QED) is 0.803. The Morgan fingerprint density at radius 3 is 2.81 bits per heavy atom. The fourth-order valence-electron chi connectivity index (χ4n) is 5.08. The fraction of sp³-hybridized carbons (Fsp3) is 0.360. The molecule has 1 amide bonds. The predicted octanol–water partition coefficient (Wildman–Crippen LogP) is 2.89. The van der Waals surface area contributed by atoms with Gasteiger partial charge < -0.3 is 14.7 Å². The van der Waals surface area contributed by atoms with E-state index in [9.17, 15) is 14.7 Å². The number of carbonyl (C=O) groups excluding carboxylic acids is 1. The van der Waals surface area contributed by atoms with Crippen molar-refractivity contribution in [3.05, 3.63) is 86.9 Å². The van der Waals surface area contributed by atoms with E-state index in [2.05, 4.69) is 41.4 Å². The second-order valence-corrected chi connectivity index (χ2v) is 8.46. The maximum absolute atomic E-state index is 13.2. The van der Waals surface area contributed by atoms with Gasteiger partial charge in [0.05, 0.1) is 12.6 Å². The van der Waals surface area contributed by atoms with Gasteiger partial charge >= 0.3 is 0 Å². The van der Waals surface area contributed by atoms with Gasteiger partial charge in [0, 0.05) is 25.9 Å². The third-order valence-electron chi connectivity index (χ3n) is 6.65. The number of rotatable bonds is 4. The molecule has 1 aromatic heterocycles. The smallest absolute Gasteiger partial charge is 0.277 e. The Morgan fingerprint density at radius 2 is 1.97 bits per heavy atom. The summed E-state index contributed by atoms with van der Waals surface area (Å²) < 4.78 is 6.89. The van der Waals surface area contributed by atoms with Gasteiger partial charge in [-0.15, -0.1) is 0 Å². The molecule has 7 heteroatoms. The Kier molecular flexibility index (Phi) is 5.35. The van der Waals surface area contributed by atoms with Crippen LogP contribution in [-0.4, -0.2) is 47.5 Å². The first-order valence-corrected chi connectivity index (χ1v) is 11.1. The van der Waals surface area contributed by atoms with Crippen molar-refractivity contribution >= 4 is 5.91 Å². The van der Waals surface area contributed by atoms with Gasteiger partial charge in [0.1, 0.15) is 6.67 Å². The number of hydrogen-bond acceptors (Lipinski definition) is 5. The molecule has 1 atom stereocenters. The zero-order valence-electron chi connectivity index (χ0n) is 18.2. The van der Waals surface area contributed by atoms with E-state index in [0.29, 0.717) is 19.8 Å². The highest BCUT2D eigenvalue weighted by atomic mass is 16.5. The first-order chi connectivity index (χ1) is 15.6. The molecule has 0 saturated carbocycles. The number of aryl methyl sites for hydroxylation is 1. The Hall–Kier alpha value is -3.32. The number of pyridine rings is 1. The monoisotopic (exact) mass is 433 g/mol. The molecular weight excluding hydrogens is 406 g/mol. The first kappa shape index (κ1) is 20.6. The van der Waals surface area contributed by atoms with Crippen LogP contribution >= 0.6 is 0 Å². The molecule has 0 radical (unpaired) electrons. The summed E-state index contributed by atoms with van der Waals surface area (Å²) in [5.74, 6) is -0.877. The lowest BCUT2D eigenvalue weighted by Crippen LogP contribution is -2.56. The highest BCUT2D eigenvalue weighted by molar-refractivity contribution is 5.96. The molecule has 7 nitrogen and oxygen atoms in total. The number of hydrogen-bond donors (Lipinski definition) is 1. The van der Waals surface area contributed by atoms with E-state index < -0.39 is 11.2 Å². The van der Waals surface area contributed by atoms with Gasteiger partial charge in [0.15, 0.2) is 11.4 Å². The summed E-state index contributed by atoms with van der Waals surface area (Å²) in [7, 11) is 1.59. The zero-order chi connectivity index (χ0) is 22.2. The summed E-state index contributed by atoms with van der Waals surface area (Å²) in [6.45, 7) is 1.07. The average molecular weight is 434 g/mol. The van der Waals surface area contributed by atoms with E-state index in [1.165, 1.54) is 28.3 Å². The van der Waals surface area contributed by atoms with Gasteiger partial charge in [0.25, 0.3) is 5.91 Å². The molecule has 2 aromatic rings. The maximum Gasteiger partial charge on any atom is 0.277 e. The van der Waals surface area contributed by atoms with E-state index >= 15 is 0 Å². The van der Waals surface area contributed by atoms with Crippen LogP contribution in [0.4, 0.5) is 0 Å². The second kappa shape index (κ2) is 8.31. The normalized spacial score (nSPS) is 20.0. The molecule has 5 rings (SSSR count). The molecule has 166 valence electrons. The Balaban J connectivity index is 1.72. The Labute approximate surface area is 186 Å². The summed E-state index contributed by atoms with van der Waals surface area (Å²) in [5, 5.41) is 12.7. The van der Waals surface area contributed by atoms with Crippen molar-refractivity contribution < 1.29 is 14.6 Å².